The first-order chi connectivity index (χ1) is 18.5. The Bertz CT molecular complexity index is 1370. The van der Waals surface area contributed by atoms with E-state index in [1.807, 2.05) is 11.8 Å². The fraction of sp³-hybridized carbons (Fsp3) is 0.440. The normalized spacial score (nSPS) is 16.6. The predicted molar refractivity (Wildman–Crippen MR) is 141 cm³/mol. The predicted octanol–water partition coefficient (Wildman–Crippen LogP) is 3.99. The van der Waals surface area contributed by atoms with Gasteiger partial charge >= 0.3 is 6.18 Å². The number of benzene rings is 2. The Labute approximate surface area is 233 Å². The number of rotatable bonds is 9. The van der Waals surface area contributed by atoms with Gasteiger partial charge in [-0.2, -0.15) is 13.2 Å². The van der Waals surface area contributed by atoms with Crippen LogP contribution in [0, 0.1) is 11.6 Å². The second kappa shape index (κ2) is 12.7. The second-order valence-corrected chi connectivity index (χ2v) is 12.1. The van der Waals surface area contributed by atoms with Crippen LogP contribution >= 0.6 is 11.6 Å². The number of anilines is 2. The number of alkyl halides is 3. The molecule has 1 aliphatic heterocycles. The van der Waals surface area contributed by atoms with Gasteiger partial charge in [-0.25, -0.2) is 17.2 Å². The van der Waals surface area contributed by atoms with Crippen molar-refractivity contribution in [3.8, 4) is 0 Å². The van der Waals surface area contributed by atoms with E-state index in [1.165, 1.54) is 12.1 Å². The summed E-state index contributed by atoms with van der Waals surface area (Å²) in [7, 11) is -3.61. The van der Waals surface area contributed by atoms with Crippen LogP contribution in [0.5, 0.6) is 0 Å². The van der Waals surface area contributed by atoms with Crippen LogP contribution in [0.1, 0.15) is 29.3 Å². The van der Waals surface area contributed by atoms with E-state index in [9.17, 15) is 40.0 Å². The molecule has 220 valence electrons. The summed E-state index contributed by atoms with van der Waals surface area (Å²) < 4.78 is 89.8. The van der Waals surface area contributed by atoms with Crippen molar-refractivity contribution < 1.29 is 40.0 Å². The zero-order valence-corrected chi connectivity index (χ0v) is 23.2. The van der Waals surface area contributed by atoms with Gasteiger partial charge in [-0.05, 0) is 31.2 Å². The molecule has 2 aromatic rings. The standard InChI is InChI=1S/C25H28ClF5N4O4S/c1-15-13-34(8-7-25(29,30)31)9-10-35(15)20-11-17(26)4-6-19(20)33-24(37)18-5-3-16(22(27)23(18)28)12-32-21(36)14-40(2,38)39/h3-6,11,15H,7-10,12-14H2,1-2H3,(H,32,36)(H,33,37)/t15-/m1/s1. The lowest BCUT2D eigenvalue weighted by Crippen LogP contribution is -2.52. The van der Waals surface area contributed by atoms with Crippen molar-refractivity contribution in [1.29, 1.82) is 0 Å². The molecule has 0 saturated carbocycles. The summed E-state index contributed by atoms with van der Waals surface area (Å²) in [6, 6.07) is 6.42. The van der Waals surface area contributed by atoms with E-state index in [0.717, 1.165) is 18.4 Å². The monoisotopic (exact) mass is 610 g/mol. The fourth-order valence-electron chi connectivity index (χ4n) is 4.30. The Morgan fingerprint density at radius 2 is 1.80 bits per heavy atom. The molecule has 40 heavy (non-hydrogen) atoms. The van der Waals surface area contributed by atoms with Crippen molar-refractivity contribution in [3.63, 3.8) is 0 Å². The number of nitrogens with one attached hydrogen (secondary N) is 2. The van der Waals surface area contributed by atoms with Gasteiger partial charge in [0.1, 0.15) is 5.75 Å². The van der Waals surface area contributed by atoms with Gasteiger partial charge in [-0.1, -0.05) is 17.7 Å². The first-order valence-electron chi connectivity index (χ1n) is 12.1. The number of nitrogens with zero attached hydrogens (tertiary/aromatic N) is 2. The maximum Gasteiger partial charge on any atom is 0.390 e. The van der Waals surface area contributed by atoms with Gasteiger partial charge in [0.25, 0.3) is 5.91 Å². The molecule has 1 atom stereocenters. The highest BCUT2D eigenvalue weighted by molar-refractivity contribution is 7.91. The molecular formula is C25H28ClF5N4O4S. The van der Waals surface area contributed by atoms with E-state index in [4.69, 9.17) is 11.6 Å². The third kappa shape index (κ3) is 8.77. The number of hydrogen-bond donors (Lipinski definition) is 2. The Kier molecular flexibility index (Phi) is 10.0. The summed E-state index contributed by atoms with van der Waals surface area (Å²) in [5.74, 6) is -5.52. The largest absolute Gasteiger partial charge is 0.390 e. The lowest BCUT2D eigenvalue weighted by atomic mass is 10.1. The van der Waals surface area contributed by atoms with Crippen LogP contribution in [-0.2, 0) is 21.2 Å². The minimum Gasteiger partial charge on any atom is -0.365 e. The van der Waals surface area contributed by atoms with Crippen molar-refractivity contribution in [2.45, 2.75) is 32.1 Å². The van der Waals surface area contributed by atoms with Crippen LogP contribution < -0.4 is 15.5 Å². The van der Waals surface area contributed by atoms with Gasteiger partial charge in [0.15, 0.2) is 21.5 Å². The smallest absolute Gasteiger partial charge is 0.365 e. The highest BCUT2D eigenvalue weighted by atomic mass is 35.5. The summed E-state index contributed by atoms with van der Waals surface area (Å²) in [4.78, 5) is 28.2. The van der Waals surface area contributed by atoms with Crippen LogP contribution in [0.25, 0.3) is 0 Å². The zero-order valence-electron chi connectivity index (χ0n) is 21.6. The van der Waals surface area contributed by atoms with Gasteiger partial charge < -0.3 is 15.5 Å². The molecule has 1 saturated heterocycles. The van der Waals surface area contributed by atoms with E-state index in [-0.39, 0.29) is 23.8 Å². The van der Waals surface area contributed by atoms with E-state index in [1.54, 1.807) is 11.0 Å². The second-order valence-electron chi connectivity index (χ2n) is 9.57. The molecule has 0 aromatic heterocycles. The van der Waals surface area contributed by atoms with Gasteiger partial charge in [0.2, 0.25) is 5.91 Å². The third-order valence-electron chi connectivity index (χ3n) is 6.22. The van der Waals surface area contributed by atoms with E-state index >= 15 is 0 Å². The Balaban J connectivity index is 1.73. The minimum atomic E-state index is -4.26. The van der Waals surface area contributed by atoms with Crippen molar-refractivity contribution in [2.75, 3.05) is 48.4 Å². The molecule has 2 N–H and O–H groups in total. The summed E-state index contributed by atoms with van der Waals surface area (Å²) in [5.41, 5.74) is -0.202. The molecule has 0 radical (unpaired) electrons. The molecule has 15 heteroatoms. The summed E-state index contributed by atoms with van der Waals surface area (Å²) in [5, 5.41) is 5.06. The first kappa shape index (κ1) is 31.6. The van der Waals surface area contributed by atoms with Gasteiger partial charge in [-0.15, -0.1) is 0 Å². The number of carbonyl (C=O) groups excluding carboxylic acids is 2. The Morgan fingerprint density at radius 3 is 2.42 bits per heavy atom. The summed E-state index contributed by atoms with van der Waals surface area (Å²) >= 11 is 6.17. The van der Waals surface area contributed by atoms with Crippen LogP contribution in [0.3, 0.4) is 0 Å². The number of amides is 2. The maximum absolute atomic E-state index is 14.8. The van der Waals surface area contributed by atoms with Gasteiger partial charge in [0.05, 0.1) is 23.4 Å². The van der Waals surface area contributed by atoms with Crippen molar-refractivity contribution in [3.05, 3.63) is 58.1 Å². The molecular weight excluding hydrogens is 583 g/mol. The summed E-state index contributed by atoms with van der Waals surface area (Å²) in [6.07, 6.45) is -4.33. The van der Waals surface area contributed by atoms with E-state index in [0.29, 0.717) is 30.3 Å². The van der Waals surface area contributed by atoms with E-state index < -0.39 is 63.7 Å². The molecule has 1 heterocycles. The zero-order chi connectivity index (χ0) is 29.8. The van der Waals surface area contributed by atoms with Gasteiger partial charge in [0, 0.05) is 55.6 Å². The molecule has 1 fully saturated rings. The van der Waals surface area contributed by atoms with E-state index in [2.05, 4.69) is 10.6 Å². The number of sulfone groups is 1. The SMILES string of the molecule is C[C@@H]1CN(CCC(F)(F)F)CCN1c1cc(Cl)ccc1NC(=O)c1ccc(CNC(=O)CS(C)(=O)=O)c(F)c1F. The molecule has 2 aromatic carbocycles. The first-order valence-corrected chi connectivity index (χ1v) is 14.6. The molecule has 1 aliphatic rings. The van der Waals surface area contributed by atoms with Gasteiger partial charge in [-0.3, -0.25) is 14.5 Å². The number of halogens is 6. The van der Waals surface area contributed by atoms with Crippen molar-refractivity contribution in [2.24, 2.45) is 0 Å². The highest BCUT2D eigenvalue weighted by Gasteiger charge is 2.31. The van der Waals surface area contributed by atoms with Crippen LogP contribution in [0.2, 0.25) is 5.02 Å². The Morgan fingerprint density at radius 1 is 1.10 bits per heavy atom. The molecule has 2 amide bonds. The van der Waals surface area contributed by atoms with Crippen LogP contribution in [-0.4, -0.2) is 75.5 Å². The van der Waals surface area contributed by atoms with Crippen molar-refractivity contribution in [1.82, 2.24) is 10.2 Å². The number of carbonyl (C=O) groups is 2. The number of hydrogen-bond acceptors (Lipinski definition) is 6. The number of piperazine rings is 1. The average Bonchev–Trinajstić information content (AvgIpc) is 2.83. The average molecular weight is 611 g/mol. The lowest BCUT2D eigenvalue weighted by Gasteiger charge is -2.42. The maximum atomic E-state index is 14.8. The lowest BCUT2D eigenvalue weighted by molar-refractivity contribution is -0.138. The molecule has 0 unspecified atom stereocenters. The molecule has 8 nitrogen and oxygen atoms in total. The fourth-order valence-corrected chi connectivity index (χ4v) is 5.05. The minimum absolute atomic E-state index is 0.136. The van der Waals surface area contributed by atoms with Crippen LogP contribution in [0.15, 0.2) is 30.3 Å². The molecule has 3 rings (SSSR count). The molecule has 0 bridgehead atoms. The van der Waals surface area contributed by atoms with Crippen LogP contribution in [0.4, 0.5) is 33.3 Å². The molecule has 0 aliphatic carbocycles. The topological polar surface area (TPSA) is 98.8 Å². The summed E-state index contributed by atoms with van der Waals surface area (Å²) in [6.45, 7) is 2.19. The highest BCUT2D eigenvalue weighted by Crippen LogP contribution is 2.33. The molecule has 0 spiro atoms. The van der Waals surface area contributed by atoms with Crippen molar-refractivity contribution >= 4 is 44.6 Å². The Hall–Kier alpha value is -2.97. The quantitative estimate of drug-likeness (QED) is 0.417. The third-order valence-corrected chi connectivity index (χ3v) is 7.24.